The molecule has 0 fully saturated rings. The van der Waals surface area contributed by atoms with Gasteiger partial charge >= 0.3 is 0 Å². The van der Waals surface area contributed by atoms with Crippen LogP contribution in [0.5, 0.6) is 0 Å². The maximum atomic E-state index is 5.74. The molecule has 0 atom stereocenters. The zero-order chi connectivity index (χ0) is 13.7. The first-order valence-electron chi connectivity index (χ1n) is 6.02. The Morgan fingerprint density at radius 1 is 1.37 bits per heavy atom. The molecule has 2 N–H and O–H groups in total. The molecule has 0 spiro atoms. The molecule has 5 nitrogen and oxygen atoms in total. The molecule has 0 saturated carbocycles. The number of rotatable bonds is 6. The number of aromatic nitrogens is 2. The topological polar surface area (TPSA) is 64.3 Å². The number of pyridine rings is 1. The molecule has 2 aromatic rings. The summed E-state index contributed by atoms with van der Waals surface area (Å²) in [6.45, 7) is 1.80. The van der Waals surface area contributed by atoms with E-state index in [9.17, 15) is 0 Å². The van der Waals surface area contributed by atoms with Crippen LogP contribution in [0, 0.1) is 0 Å². The van der Waals surface area contributed by atoms with Crippen LogP contribution in [-0.2, 0) is 24.4 Å². The number of methoxy groups -OCH3 is 1. The minimum Gasteiger partial charge on any atom is -0.378 e. The third-order valence-corrected chi connectivity index (χ3v) is 3.96. The van der Waals surface area contributed by atoms with Crippen LogP contribution in [0.2, 0.25) is 0 Å². The van der Waals surface area contributed by atoms with Crippen molar-refractivity contribution in [3.8, 4) is 0 Å². The second-order valence-corrected chi connectivity index (χ2v) is 5.28. The van der Waals surface area contributed by atoms with Gasteiger partial charge in [0.15, 0.2) is 5.13 Å². The maximum absolute atomic E-state index is 5.74. The Hall–Kier alpha value is -1.50. The predicted octanol–water partition coefficient (Wildman–Crippen LogP) is 1.78. The Morgan fingerprint density at radius 3 is 2.74 bits per heavy atom. The van der Waals surface area contributed by atoms with Gasteiger partial charge in [0.05, 0.1) is 12.3 Å². The predicted molar refractivity (Wildman–Crippen MR) is 77.1 cm³/mol. The normalized spacial score (nSPS) is 10.7. The zero-order valence-electron chi connectivity index (χ0n) is 11.2. The number of ether oxygens (including phenoxy) is 1. The van der Waals surface area contributed by atoms with E-state index in [1.54, 1.807) is 30.8 Å². The van der Waals surface area contributed by atoms with Crippen LogP contribution in [0.15, 0.2) is 24.5 Å². The van der Waals surface area contributed by atoms with E-state index in [-0.39, 0.29) is 0 Å². The van der Waals surface area contributed by atoms with E-state index in [1.807, 2.05) is 19.2 Å². The highest BCUT2D eigenvalue weighted by molar-refractivity contribution is 7.15. The van der Waals surface area contributed by atoms with Crippen LogP contribution < -0.4 is 10.6 Å². The van der Waals surface area contributed by atoms with Crippen molar-refractivity contribution < 1.29 is 4.74 Å². The highest BCUT2D eigenvalue weighted by Crippen LogP contribution is 2.26. The fraction of sp³-hybridized carbons (Fsp3) is 0.385. The Bertz CT molecular complexity index is 515. The van der Waals surface area contributed by atoms with Gasteiger partial charge in [0.2, 0.25) is 0 Å². The van der Waals surface area contributed by atoms with Crippen molar-refractivity contribution in [3.05, 3.63) is 40.7 Å². The van der Waals surface area contributed by atoms with Gasteiger partial charge < -0.3 is 15.4 Å². The first-order chi connectivity index (χ1) is 9.24. The minimum absolute atomic E-state index is 0.499. The standard InChI is InChI=1S/C13H18N4OS/c1-17(8-10-3-5-15-6-4-10)13-16-11(9-18-2)12(7-14)19-13/h3-6H,7-9,14H2,1-2H3. The van der Waals surface area contributed by atoms with Gasteiger partial charge in [0, 0.05) is 44.5 Å². The molecule has 2 heterocycles. The maximum Gasteiger partial charge on any atom is 0.185 e. The lowest BCUT2D eigenvalue weighted by molar-refractivity contribution is 0.181. The Balaban J connectivity index is 2.12. The van der Waals surface area contributed by atoms with Crippen molar-refractivity contribution in [2.75, 3.05) is 19.1 Å². The molecule has 0 unspecified atom stereocenters. The van der Waals surface area contributed by atoms with Gasteiger partial charge in [-0.25, -0.2) is 4.98 Å². The number of anilines is 1. The molecule has 102 valence electrons. The average molecular weight is 278 g/mol. The molecule has 6 heteroatoms. The molecule has 0 aromatic carbocycles. The van der Waals surface area contributed by atoms with E-state index in [4.69, 9.17) is 10.5 Å². The van der Waals surface area contributed by atoms with Gasteiger partial charge in [-0.1, -0.05) is 0 Å². The Kier molecular flexibility index (Phi) is 4.84. The monoisotopic (exact) mass is 278 g/mol. The van der Waals surface area contributed by atoms with Crippen LogP contribution in [0.3, 0.4) is 0 Å². The van der Waals surface area contributed by atoms with E-state index in [0.29, 0.717) is 13.2 Å². The third-order valence-electron chi connectivity index (χ3n) is 2.73. The summed E-state index contributed by atoms with van der Waals surface area (Å²) < 4.78 is 5.14. The number of thiazole rings is 1. The molecule has 0 aliphatic heterocycles. The van der Waals surface area contributed by atoms with E-state index >= 15 is 0 Å². The van der Waals surface area contributed by atoms with Gasteiger partial charge in [0.1, 0.15) is 0 Å². The molecule has 0 aliphatic rings. The summed E-state index contributed by atoms with van der Waals surface area (Å²) in [7, 11) is 3.69. The largest absolute Gasteiger partial charge is 0.378 e. The lowest BCUT2D eigenvalue weighted by Crippen LogP contribution is -2.16. The Labute approximate surface area is 117 Å². The molecule has 0 radical (unpaired) electrons. The summed E-state index contributed by atoms with van der Waals surface area (Å²) >= 11 is 1.62. The van der Waals surface area contributed by atoms with Gasteiger partial charge in [0.25, 0.3) is 0 Å². The van der Waals surface area contributed by atoms with Gasteiger partial charge in [-0.15, -0.1) is 11.3 Å². The molecule has 0 bridgehead atoms. The number of nitrogens with two attached hydrogens (primary N) is 1. The smallest absolute Gasteiger partial charge is 0.185 e. The van der Waals surface area contributed by atoms with Gasteiger partial charge in [-0.3, -0.25) is 4.98 Å². The average Bonchev–Trinajstić information content (AvgIpc) is 2.83. The number of nitrogens with zero attached hydrogens (tertiary/aromatic N) is 3. The fourth-order valence-electron chi connectivity index (χ4n) is 1.77. The quantitative estimate of drug-likeness (QED) is 0.872. The molecule has 0 amide bonds. The van der Waals surface area contributed by atoms with Crippen molar-refractivity contribution in [2.24, 2.45) is 5.73 Å². The number of hydrogen-bond acceptors (Lipinski definition) is 6. The van der Waals surface area contributed by atoms with Crippen LogP contribution in [0.25, 0.3) is 0 Å². The zero-order valence-corrected chi connectivity index (χ0v) is 12.0. The first kappa shape index (κ1) is 13.9. The third kappa shape index (κ3) is 3.50. The van der Waals surface area contributed by atoms with Crippen LogP contribution >= 0.6 is 11.3 Å². The molecule has 2 rings (SSSR count). The highest BCUT2D eigenvalue weighted by atomic mass is 32.1. The van der Waals surface area contributed by atoms with E-state index < -0.39 is 0 Å². The summed E-state index contributed by atoms with van der Waals surface area (Å²) in [4.78, 5) is 11.8. The Morgan fingerprint density at radius 2 is 2.11 bits per heavy atom. The second-order valence-electron chi connectivity index (χ2n) is 4.21. The molecule has 2 aromatic heterocycles. The van der Waals surface area contributed by atoms with Crippen LogP contribution in [-0.4, -0.2) is 24.1 Å². The number of hydrogen-bond donors (Lipinski definition) is 1. The minimum atomic E-state index is 0.499. The van der Waals surface area contributed by atoms with E-state index in [2.05, 4.69) is 14.9 Å². The van der Waals surface area contributed by atoms with Crippen LogP contribution in [0.4, 0.5) is 5.13 Å². The molecule has 0 aliphatic carbocycles. The van der Waals surface area contributed by atoms with Crippen molar-refractivity contribution in [1.29, 1.82) is 0 Å². The summed E-state index contributed by atoms with van der Waals surface area (Å²) in [6, 6.07) is 4.01. The molecular formula is C13H18N4OS. The summed E-state index contributed by atoms with van der Waals surface area (Å²) in [5.41, 5.74) is 7.88. The van der Waals surface area contributed by atoms with Gasteiger partial charge in [-0.05, 0) is 17.7 Å². The molecule has 0 saturated heterocycles. The molecular weight excluding hydrogens is 260 g/mol. The lowest BCUT2D eigenvalue weighted by atomic mass is 10.2. The van der Waals surface area contributed by atoms with Crippen molar-refractivity contribution in [2.45, 2.75) is 19.7 Å². The fourth-order valence-corrected chi connectivity index (χ4v) is 2.67. The molecule has 19 heavy (non-hydrogen) atoms. The lowest BCUT2D eigenvalue weighted by Gasteiger charge is -2.15. The first-order valence-corrected chi connectivity index (χ1v) is 6.84. The van der Waals surface area contributed by atoms with Crippen molar-refractivity contribution in [1.82, 2.24) is 9.97 Å². The van der Waals surface area contributed by atoms with Crippen molar-refractivity contribution in [3.63, 3.8) is 0 Å². The van der Waals surface area contributed by atoms with Gasteiger partial charge in [-0.2, -0.15) is 0 Å². The highest BCUT2D eigenvalue weighted by Gasteiger charge is 2.13. The van der Waals surface area contributed by atoms with Crippen LogP contribution in [0.1, 0.15) is 16.1 Å². The summed E-state index contributed by atoms with van der Waals surface area (Å²) in [5.74, 6) is 0. The van der Waals surface area contributed by atoms with Crippen molar-refractivity contribution >= 4 is 16.5 Å². The second kappa shape index (κ2) is 6.60. The van der Waals surface area contributed by atoms with E-state index in [1.165, 1.54) is 5.56 Å². The summed E-state index contributed by atoms with van der Waals surface area (Å²) in [6.07, 6.45) is 3.60. The van der Waals surface area contributed by atoms with E-state index in [0.717, 1.165) is 22.2 Å². The summed E-state index contributed by atoms with van der Waals surface area (Å²) in [5, 5.41) is 0.962. The SMILES string of the molecule is COCc1nc(N(C)Cc2ccncc2)sc1CN.